The van der Waals surface area contributed by atoms with E-state index in [-0.39, 0.29) is 5.82 Å². The number of carbonyl (C=O) groups excluding carboxylic acids is 1. The highest BCUT2D eigenvalue weighted by Crippen LogP contribution is 2.23. The highest BCUT2D eigenvalue weighted by Gasteiger charge is 2.20. The lowest BCUT2D eigenvalue weighted by Crippen LogP contribution is -2.26. The van der Waals surface area contributed by atoms with Gasteiger partial charge in [-0.05, 0) is 12.8 Å². The van der Waals surface area contributed by atoms with Crippen molar-refractivity contribution in [2.75, 3.05) is 27.2 Å². The molecule has 1 heterocycles. The van der Waals surface area contributed by atoms with Crippen LogP contribution in [0.15, 0.2) is 28.3 Å². The third kappa shape index (κ3) is 5.13. The molecule has 0 aromatic rings. The molecule has 0 aromatic carbocycles. The van der Waals surface area contributed by atoms with Crippen LogP contribution >= 0.6 is 0 Å². The van der Waals surface area contributed by atoms with Crippen LogP contribution in [0.1, 0.15) is 33.1 Å². The molecule has 1 aliphatic heterocycles. The van der Waals surface area contributed by atoms with E-state index in [1.54, 1.807) is 20.3 Å². The van der Waals surface area contributed by atoms with Crippen LogP contribution in [-0.2, 0) is 4.74 Å². The van der Waals surface area contributed by atoms with Crippen molar-refractivity contribution in [3.8, 4) is 0 Å². The summed E-state index contributed by atoms with van der Waals surface area (Å²) < 4.78 is 5.37. The minimum absolute atomic E-state index is 0.246. The molecule has 0 aromatic heterocycles. The van der Waals surface area contributed by atoms with Crippen molar-refractivity contribution in [1.82, 2.24) is 9.80 Å². The van der Waals surface area contributed by atoms with Gasteiger partial charge in [-0.15, -0.1) is 0 Å². The van der Waals surface area contributed by atoms with Gasteiger partial charge in [0.25, 0.3) is 0 Å². The summed E-state index contributed by atoms with van der Waals surface area (Å²) in [5.41, 5.74) is 6.76. The average Bonchev–Trinajstić information content (AvgIpc) is 2.42. The van der Waals surface area contributed by atoms with Gasteiger partial charge in [0.15, 0.2) is 11.6 Å². The first-order valence-electron chi connectivity index (χ1n) is 7.36. The molecule has 0 spiro atoms. The van der Waals surface area contributed by atoms with E-state index < -0.39 is 6.09 Å². The van der Waals surface area contributed by atoms with E-state index in [0.717, 1.165) is 31.5 Å². The van der Waals surface area contributed by atoms with Crippen molar-refractivity contribution in [1.29, 1.82) is 0 Å². The molecule has 1 rings (SSSR count). The van der Waals surface area contributed by atoms with Gasteiger partial charge in [-0.2, -0.15) is 0 Å². The molecule has 2 N–H and O–H groups in total. The summed E-state index contributed by atoms with van der Waals surface area (Å²) in [6, 6.07) is 0. The van der Waals surface area contributed by atoms with Crippen molar-refractivity contribution in [2.24, 2.45) is 10.7 Å². The molecule has 0 saturated heterocycles. The van der Waals surface area contributed by atoms with Crippen LogP contribution in [0.5, 0.6) is 0 Å². The van der Waals surface area contributed by atoms with Crippen molar-refractivity contribution < 1.29 is 9.53 Å². The van der Waals surface area contributed by atoms with Gasteiger partial charge >= 0.3 is 6.09 Å². The fraction of sp³-hybridized carbons (Fsp3) is 0.600. The number of amides is 1. The molecule has 0 saturated carbocycles. The molecule has 1 amide bonds. The highest BCUT2D eigenvalue weighted by molar-refractivity contribution is 5.72. The lowest BCUT2D eigenvalue weighted by molar-refractivity contribution is 0.147. The predicted molar refractivity (Wildman–Crippen MR) is 84.7 cm³/mol. The summed E-state index contributed by atoms with van der Waals surface area (Å²) in [7, 11) is 3.27. The number of hydrogen-bond acceptors (Lipinski definition) is 5. The molecule has 0 atom stereocenters. The number of aliphatic imine (C=N–C) groups is 1. The zero-order valence-electron chi connectivity index (χ0n) is 13.4. The molecule has 6 heteroatoms. The zero-order chi connectivity index (χ0) is 15.8. The largest absolute Gasteiger partial charge is 0.414 e. The van der Waals surface area contributed by atoms with Gasteiger partial charge in [0.2, 0.25) is 0 Å². The van der Waals surface area contributed by atoms with Crippen LogP contribution in [0, 0.1) is 0 Å². The minimum atomic E-state index is -0.450. The first kappa shape index (κ1) is 17.1. The molecule has 0 aliphatic carbocycles. The maximum atomic E-state index is 11.8. The Bertz CT molecular complexity index is 447. The summed E-state index contributed by atoms with van der Waals surface area (Å²) in [6.07, 6.45) is 6.05. The van der Waals surface area contributed by atoms with Gasteiger partial charge in [0.1, 0.15) is 0 Å². The molecule has 118 valence electrons. The Hall–Kier alpha value is -1.98. The quantitative estimate of drug-likeness (QED) is 0.816. The van der Waals surface area contributed by atoms with E-state index >= 15 is 0 Å². The fourth-order valence-electron chi connectivity index (χ4n) is 2.00. The van der Waals surface area contributed by atoms with Crippen LogP contribution in [0.3, 0.4) is 0 Å². The number of rotatable bonds is 6. The van der Waals surface area contributed by atoms with E-state index in [2.05, 4.69) is 23.7 Å². The maximum Gasteiger partial charge on any atom is 0.414 e. The number of nitrogens with zero attached hydrogens (tertiary/aromatic N) is 3. The van der Waals surface area contributed by atoms with Crippen LogP contribution in [-0.4, -0.2) is 49.3 Å². The lowest BCUT2D eigenvalue weighted by atomic mass is 10.1. The SMILES string of the molecule is CCCN(C=C1CC=NC(N)=C1OC(=O)N(C)C)CCC. The summed E-state index contributed by atoms with van der Waals surface area (Å²) in [6.45, 7) is 6.20. The second kappa shape index (κ2) is 8.34. The van der Waals surface area contributed by atoms with Crippen molar-refractivity contribution in [2.45, 2.75) is 33.1 Å². The van der Waals surface area contributed by atoms with Gasteiger partial charge < -0.3 is 20.3 Å². The lowest BCUT2D eigenvalue weighted by Gasteiger charge is -2.23. The van der Waals surface area contributed by atoms with Crippen molar-refractivity contribution in [3.05, 3.63) is 23.4 Å². The van der Waals surface area contributed by atoms with Gasteiger partial charge in [-0.3, -0.25) is 0 Å². The van der Waals surface area contributed by atoms with E-state index in [1.807, 2.05) is 6.20 Å². The molecular weight excluding hydrogens is 268 g/mol. The van der Waals surface area contributed by atoms with Crippen LogP contribution in [0.25, 0.3) is 0 Å². The molecule has 6 nitrogen and oxygen atoms in total. The first-order valence-corrected chi connectivity index (χ1v) is 7.36. The Balaban J connectivity index is 2.97. The van der Waals surface area contributed by atoms with E-state index in [4.69, 9.17) is 10.5 Å². The maximum absolute atomic E-state index is 11.8. The Labute approximate surface area is 126 Å². The van der Waals surface area contributed by atoms with Gasteiger partial charge in [0.05, 0.1) is 0 Å². The molecule has 0 bridgehead atoms. The standard InChI is InChI=1S/C15H26N4O2/c1-5-9-19(10-6-2)11-12-7-8-17-14(16)13(12)21-15(20)18(3)4/h8,11H,5-7,9-10,16H2,1-4H3. The monoisotopic (exact) mass is 294 g/mol. The van der Waals surface area contributed by atoms with Gasteiger partial charge in [-0.1, -0.05) is 13.8 Å². The number of nitrogens with two attached hydrogens (primary N) is 1. The number of allylic oxidation sites excluding steroid dienone is 1. The Kier molecular flexibility index (Phi) is 6.78. The average molecular weight is 294 g/mol. The first-order chi connectivity index (χ1) is 9.99. The zero-order valence-corrected chi connectivity index (χ0v) is 13.4. The summed E-state index contributed by atoms with van der Waals surface area (Å²) >= 11 is 0. The Morgan fingerprint density at radius 1 is 1.38 bits per heavy atom. The van der Waals surface area contributed by atoms with Crippen LogP contribution < -0.4 is 5.73 Å². The Morgan fingerprint density at radius 3 is 2.52 bits per heavy atom. The van der Waals surface area contributed by atoms with Gasteiger partial charge in [-0.25, -0.2) is 9.79 Å². The molecule has 0 unspecified atom stereocenters. The fourth-order valence-corrected chi connectivity index (χ4v) is 2.00. The second-order valence-corrected chi connectivity index (χ2v) is 5.18. The summed E-state index contributed by atoms with van der Waals surface area (Å²) in [5, 5.41) is 0. The third-order valence-corrected chi connectivity index (χ3v) is 2.98. The molecule has 0 radical (unpaired) electrons. The predicted octanol–water partition coefficient (Wildman–Crippen LogP) is 2.29. The third-order valence-electron chi connectivity index (χ3n) is 2.98. The molecule has 21 heavy (non-hydrogen) atoms. The smallest absolute Gasteiger partial charge is 0.406 e. The molecular formula is C15H26N4O2. The highest BCUT2D eigenvalue weighted by atomic mass is 16.6. The summed E-state index contributed by atoms with van der Waals surface area (Å²) in [5.74, 6) is 0.615. The van der Waals surface area contributed by atoms with E-state index in [9.17, 15) is 4.79 Å². The van der Waals surface area contributed by atoms with Crippen molar-refractivity contribution >= 4 is 12.3 Å². The number of ether oxygens (including phenoxy) is 1. The number of carbonyl (C=O) groups is 1. The molecule has 1 aliphatic rings. The van der Waals surface area contributed by atoms with Gasteiger partial charge in [0, 0.05) is 51.6 Å². The normalized spacial score (nSPS) is 16.3. The topological polar surface area (TPSA) is 71.2 Å². The molecule has 0 fully saturated rings. The second-order valence-electron chi connectivity index (χ2n) is 5.18. The number of hydrogen-bond donors (Lipinski definition) is 1. The van der Waals surface area contributed by atoms with E-state index in [1.165, 1.54) is 4.90 Å². The van der Waals surface area contributed by atoms with E-state index in [0.29, 0.717) is 12.2 Å². The Morgan fingerprint density at radius 2 is 2.00 bits per heavy atom. The minimum Gasteiger partial charge on any atom is -0.406 e. The summed E-state index contributed by atoms with van der Waals surface area (Å²) in [4.78, 5) is 19.4. The van der Waals surface area contributed by atoms with Crippen LogP contribution in [0.2, 0.25) is 0 Å². The van der Waals surface area contributed by atoms with Crippen molar-refractivity contribution in [3.63, 3.8) is 0 Å². The van der Waals surface area contributed by atoms with Crippen LogP contribution in [0.4, 0.5) is 4.79 Å².